The smallest absolute Gasteiger partial charge is 0.217 e. The third kappa shape index (κ3) is 2.41. The van der Waals surface area contributed by atoms with Crippen molar-refractivity contribution in [1.29, 1.82) is 5.26 Å². The summed E-state index contributed by atoms with van der Waals surface area (Å²) in [6, 6.07) is 8.34. The topological polar surface area (TPSA) is 53.6 Å². The van der Waals surface area contributed by atoms with Gasteiger partial charge < -0.3 is 5.32 Å². The maximum Gasteiger partial charge on any atom is 0.217 e. The van der Waals surface area contributed by atoms with E-state index in [0.717, 1.165) is 24.3 Å². The standard InChI is InChI=1S/C14H16N4/c1-3-16-10-12-4-5-13(11(2)8-12)18-7-6-17-14(18)9-15/h4-8,16H,3,10H2,1-2H3. The summed E-state index contributed by atoms with van der Waals surface area (Å²) in [4.78, 5) is 4.01. The summed E-state index contributed by atoms with van der Waals surface area (Å²) < 4.78 is 1.81. The number of nitrogens with one attached hydrogen (secondary N) is 1. The molecule has 1 aromatic carbocycles. The van der Waals surface area contributed by atoms with Crippen LogP contribution in [0.5, 0.6) is 0 Å². The summed E-state index contributed by atoms with van der Waals surface area (Å²) in [5.74, 6) is 0.414. The fourth-order valence-electron chi connectivity index (χ4n) is 1.95. The van der Waals surface area contributed by atoms with E-state index in [1.54, 1.807) is 6.20 Å². The first kappa shape index (κ1) is 12.3. The molecule has 0 aliphatic carbocycles. The Morgan fingerprint density at radius 2 is 2.28 bits per heavy atom. The van der Waals surface area contributed by atoms with Gasteiger partial charge in [0.2, 0.25) is 5.82 Å². The number of hydrogen-bond donors (Lipinski definition) is 1. The molecule has 1 heterocycles. The minimum Gasteiger partial charge on any atom is -0.313 e. The molecule has 0 unspecified atom stereocenters. The molecule has 92 valence electrons. The monoisotopic (exact) mass is 240 g/mol. The lowest BCUT2D eigenvalue weighted by Crippen LogP contribution is -2.12. The Bertz CT molecular complexity index is 578. The molecule has 0 saturated heterocycles. The summed E-state index contributed by atoms with van der Waals surface area (Å²) in [6.45, 7) is 5.96. The van der Waals surface area contributed by atoms with Crippen molar-refractivity contribution in [2.24, 2.45) is 0 Å². The van der Waals surface area contributed by atoms with Crippen LogP contribution in [0.1, 0.15) is 23.9 Å². The van der Waals surface area contributed by atoms with Crippen molar-refractivity contribution >= 4 is 0 Å². The molecule has 0 aliphatic rings. The predicted octanol–water partition coefficient (Wildman–Crippen LogP) is 2.16. The van der Waals surface area contributed by atoms with Gasteiger partial charge in [0, 0.05) is 18.9 Å². The van der Waals surface area contributed by atoms with E-state index in [0.29, 0.717) is 5.82 Å². The summed E-state index contributed by atoms with van der Waals surface area (Å²) in [5.41, 5.74) is 3.39. The van der Waals surface area contributed by atoms with Crippen LogP contribution in [0.2, 0.25) is 0 Å². The van der Waals surface area contributed by atoms with E-state index in [1.807, 2.05) is 23.8 Å². The molecule has 1 aromatic heterocycles. The van der Waals surface area contributed by atoms with Crippen molar-refractivity contribution in [2.75, 3.05) is 6.54 Å². The highest BCUT2D eigenvalue weighted by molar-refractivity contribution is 5.45. The van der Waals surface area contributed by atoms with Gasteiger partial charge in [0.25, 0.3) is 0 Å². The Hall–Kier alpha value is -2.12. The molecule has 0 radical (unpaired) electrons. The summed E-state index contributed by atoms with van der Waals surface area (Å²) in [6.07, 6.45) is 3.45. The van der Waals surface area contributed by atoms with Crippen molar-refractivity contribution in [3.05, 3.63) is 47.5 Å². The molecule has 4 nitrogen and oxygen atoms in total. The molecule has 0 bridgehead atoms. The second-order valence-corrected chi connectivity index (χ2v) is 4.13. The zero-order chi connectivity index (χ0) is 13.0. The largest absolute Gasteiger partial charge is 0.313 e. The number of nitriles is 1. The van der Waals surface area contributed by atoms with Crippen molar-refractivity contribution in [2.45, 2.75) is 20.4 Å². The quantitative estimate of drug-likeness (QED) is 0.891. The van der Waals surface area contributed by atoms with E-state index < -0.39 is 0 Å². The van der Waals surface area contributed by atoms with E-state index in [9.17, 15) is 0 Å². The Morgan fingerprint density at radius 3 is 2.94 bits per heavy atom. The van der Waals surface area contributed by atoms with Gasteiger partial charge in [-0.05, 0) is 30.7 Å². The van der Waals surface area contributed by atoms with Gasteiger partial charge in [0.15, 0.2) is 0 Å². The molecule has 0 fully saturated rings. The maximum atomic E-state index is 8.99. The van der Waals surface area contributed by atoms with Crippen LogP contribution in [0.15, 0.2) is 30.6 Å². The van der Waals surface area contributed by atoms with Crippen molar-refractivity contribution in [3.8, 4) is 11.8 Å². The zero-order valence-corrected chi connectivity index (χ0v) is 10.6. The highest BCUT2D eigenvalue weighted by Crippen LogP contribution is 2.17. The molecule has 0 amide bonds. The van der Waals surface area contributed by atoms with Gasteiger partial charge in [-0.2, -0.15) is 5.26 Å². The number of rotatable bonds is 4. The maximum absolute atomic E-state index is 8.99. The lowest BCUT2D eigenvalue weighted by atomic mass is 10.1. The van der Waals surface area contributed by atoms with Gasteiger partial charge in [-0.25, -0.2) is 4.98 Å². The lowest BCUT2D eigenvalue weighted by Gasteiger charge is -2.10. The Labute approximate surface area is 107 Å². The minimum atomic E-state index is 0.414. The van der Waals surface area contributed by atoms with Crippen molar-refractivity contribution in [1.82, 2.24) is 14.9 Å². The summed E-state index contributed by atoms with van der Waals surface area (Å²) in [7, 11) is 0. The second-order valence-electron chi connectivity index (χ2n) is 4.13. The average molecular weight is 240 g/mol. The number of nitrogens with zero attached hydrogens (tertiary/aromatic N) is 3. The molecule has 2 rings (SSSR count). The van der Waals surface area contributed by atoms with E-state index in [4.69, 9.17) is 5.26 Å². The van der Waals surface area contributed by atoms with Crippen LogP contribution in [-0.4, -0.2) is 16.1 Å². The number of hydrogen-bond acceptors (Lipinski definition) is 3. The highest BCUT2D eigenvalue weighted by atomic mass is 15.1. The van der Waals surface area contributed by atoms with E-state index >= 15 is 0 Å². The third-order valence-electron chi connectivity index (χ3n) is 2.84. The molecule has 0 spiro atoms. The average Bonchev–Trinajstić information content (AvgIpc) is 2.84. The van der Waals surface area contributed by atoms with Crippen LogP contribution in [0, 0.1) is 18.3 Å². The van der Waals surface area contributed by atoms with Gasteiger partial charge >= 0.3 is 0 Å². The van der Waals surface area contributed by atoms with Crippen LogP contribution in [0.4, 0.5) is 0 Å². The van der Waals surface area contributed by atoms with E-state index in [-0.39, 0.29) is 0 Å². The Balaban J connectivity index is 2.33. The van der Waals surface area contributed by atoms with Crippen LogP contribution in [0.3, 0.4) is 0 Å². The Kier molecular flexibility index (Phi) is 3.75. The SMILES string of the molecule is CCNCc1ccc(-n2ccnc2C#N)c(C)c1. The number of benzene rings is 1. The molecule has 1 N–H and O–H groups in total. The van der Waals surface area contributed by atoms with Crippen LogP contribution < -0.4 is 5.32 Å². The van der Waals surface area contributed by atoms with E-state index in [1.165, 1.54) is 5.56 Å². The molecular formula is C14H16N4. The van der Waals surface area contributed by atoms with Crippen LogP contribution in [-0.2, 0) is 6.54 Å². The first-order chi connectivity index (χ1) is 8.76. The van der Waals surface area contributed by atoms with Gasteiger partial charge in [0.1, 0.15) is 6.07 Å². The molecule has 0 atom stereocenters. The minimum absolute atomic E-state index is 0.414. The van der Waals surface area contributed by atoms with Crippen LogP contribution in [0.25, 0.3) is 5.69 Å². The first-order valence-corrected chi connectivity index (χ1v) is 6.00. The van der Waals surface area contributed by atoms with Gasteiger partial charge in [-0.15, -0.1) is 0 Å². The molecule has 0 aliphatic heterocycles. The number of aryl methyl sites for hydroxylation is 1. The number of aromatic nitrogens is 2. The van der Waals surface area contributed by atoms with E-state index in [2.05, 4.69) is 35.4 Å². The van der Waals surface area contributed by atoms with Gasteiger partial charge in [0.05, 0.1) is 5.69 Å². The van der Waals surface area contributed by atoms with Crippen molar-refractivity contribution < 1.29 is 0 Å². The van der Waals surface area contributed by atoms with Gasteiger partial charge in [-0.3, -0.25) is 4.57 Å². The highest BCUT2D eigenvalue weighted by Gasteiger charge is 2.07. The summed E-state index contributed by atoms with van der Waals surface area (Å²) >= 11 is 0. The van der Waals surface area contributed by atoms with Crippen LogP contribution >= 0.6 is 0 Å². The fourth-order valence-corrected chi connectivity index (χ4v) is 1.95. The Morgan fingerprint density at radius 1 is 1.44 bits per heavy atom. The van der Waals surface area contributed by atoms with Gasteiger partial charge in [-0.1, -0.05) is 19.1 Å². The third-order valence-corrected chi connectivity index (χ3v) is 2.84. The zero-order valence-electron chi connectivity index (χ0n) is 10.6. The molecule has 0 saturated carbocycles. The molecular weight excluding hydrogens is 224 g/mol. The second kappa shape index (κ2) is 5.48. The lowest BCUT2D eigenvalue weighted by molar-refractivity contribution is 0.726. The summed E-state index contributed by atoms with van der Waals surface area (Å²) in [5, 5.41) is 12.3. The molecule has 18 heavy (non-hydrogen) atoms. The normalized spacial score (nSPS) is 10.3. The number of imidazole rings is 1. The fraction of sp³-hybridized carbons (Fsp3) is 0.286. The molecule has 4 heteroatoms. The first-order valence-electron chi connectivity index (χ1n) is 6.00. The predicted molar refractivity (Wildman–Crippen MR) is 70.4 cm³/mol. The van der Waals surface area contributed by atoms with Crippen molar-refractivity contribution in [3.63, 3.8) is 0 Å². The molecule has 2 aromatic rings.